The highest BCUT2D eigenvalue weighted by atomic mass is 32.2. The number of para-hydroxylation sites is 1. The zero-order valence-electron chi connectivity index (χ0n) is 17.0. The third-order valence-corrected chi connectivity index (χ3v) is 5.75. The highest BCUT2D eigenvalue weighted by Crippen LogP contribution is 2.38. The van der Waals surface area contributed by atoms with E-state index in [9.17, 15) is 14.1 Å². The van der Waals surface area contributed by atoms with Gasteiger partial charge in [0.05, 0.1) is 11.3 Å². The van der Waals surface area contributed by atoms with Crippen LogP contribution in [0.25, 0.3) is 0 Å². The van der Waals surface area contributed by atoms with Gasteiger partial charge in [-0.25, -0.2) is 18.8 Å². The van der Waals surface area contributed by atoms with Crippen LogP contribution in [-0.2, 0) is 9.92 Å². The van der Waals surface area contributed by atoms with Gasteiger partial charge in [-0.2, -0.15) is 0 Å². The maximum Gasteiger partial charge on any atom is 0.335 e. The van der Waals surface area contributed by atoms with E-state index in [0.29, 0.717) is 18.0 Å². The predicted molar refractivity (Wildman–Crippen MR) is 120 cm³/mol. The van der Waals surface area contributed by atoms with Crippen molar-refractivity contribution in [2.24, 2.45) is 0 Å². The summed E-state index contributed by atoms with van der Waals surface area (Å²) in [6, 6.07) is 16.5. The van der Waals surface area contributed by atoms with Crippen LogP contribution >= 0.6 is 0 Å². The van der Waals surface area contributed by atoms with Crippen molar-refractivity contribution >= 4 is 27.4 Å². The minimum Gasteiger partial charge on any atom is -0.478 e. The molecule has 9 heteroatoms. The summed E-state index contributed by atoms with van der Waals surface area (Å²) in [5.41, 5.74) is 0.257. The molecule has 0 aliphatic carbocycles. The Morgan fingerprint density at radius 1 is 1.16 bits per heavy atom. The number of carboxylic acid groups (broad SMARTS) is 1. The summed E-state index contributed by atoms with van der Waals surface area (Å²) < 4.78 is 30.6. The van der Waals surface area contributed by atoms with E-state index in [1.165, 1.54) is 18.3 Å². The summed E-state index contributed by atoms with van der Waals surface area (Å²) in [5.74, 6) is -0.359. The van der Waals surface area contributed by atoms with Gasteiger partial charge in [-0.05, 0) is 42.8 Å². The second-order valence-electron chi connectivity index (χ2n) is 6.72. The molecular weight excluding hydrogens is 416 g/mol. The average Bonchev–Trinajstić information content (AvgIpc) is 2.75. The summed E-state index contributed by atoms with van der Waals surface area (Å²) in [5, 5.41) is 12.8. The number of ether oxygens (including phenoxy) is 1. The van der Waals surface area contributed by atoms with E-state index < -0.39 is 15.9 Å². The van der Waals surface area contributed by atoms with E-state index in [0.717, 1.165) is 12.8 Å². The second-order valence-corrected chi connectivity index (χ2v) is 8.48. The Labute approximate surface area is 181 Å². The van der Waals surface area contributed by atoms with Crippen LogP contribution in [0.4, 0.5) is 11.5 Å². The van der Waals surface area contributed by atoms with Crippen LogP contribution in [0, 0.1) is 4.78 Å². The summed E-state index contributed by atoms with van der Waals surface area (Å²) in [7, 11) is -3.71. The van der Waals surface area contributed by atoms with E-state index in [-0.39, 0.29) is 22.0 Å². The number of aromatic nitrogens is 1. The van der Waals surface area contributed by atoms with Crippen LogP contribution in [-0.4, -0.2) is 26.8 Å². The molecule has 162 valence electrons. The molecule has 0 bridgehead atoms. The quantitative estimate of drug-likeness (QED) is 0.321. The molecule has 0 spiro atoms. The number of unbranched alkanes of at least 4 members (excludes halogenated alkanes) is 1. The Hall–Kier alpha value is -3.59. The van der Waals surface area contributed by atoms with E-state index in [1.807, 2.05) is 13.0 Å². The van der Waals surface area contributed by atoms with Crippen LogP contribution in [0.1, 0.15) is 30.1 Å². The molecule has 8 nitrogen and oxygen atoms in total. The highest BCUT2D eigenvalue weighted by Gasteiger charge is 2.24. The summed E-state index contributed by atoms with van der Waals surface area (Å²) in [4.78, 5) is 15.7. The summed E-state index contributed by atoms with van der Waals surface area (Å²) >= 11 is 0. The predicted octanol–water partition coefficient (Wildman–Crippen LogP) is 5.22. The molecule has 1 unspecified atom stereocenters. The smallest absolute Gasteiger partial charge is 0.335 e. The first-order chi connectivity index (χ1) is 14.9. The van der Waals surface area contributed by atoms with Gasteiger partial charge in [-0.15, -0.1) is 0 Å². The van der Waals surface area contributed by atoms with Gasteiger partial charge in [0.2, 0.25) is 0 Å². The SMILES string of the molecule is CCCCNc1cc(C(=O)O)cc(S(=N)(=O)Nc2ccccn2)c1Oc1ccccc1. The van der Waals surface area contributed by atoms with Crippen molar-refractivity contribution in [3.63, 3.8) is 0 Å². The molecule has 3 aromatic rings. The number of rotatable bonds is 10. The van der Waals surface area contributed by atoms with Crippen LogP contribution in [0.3, 0.4) is 0 Å². The number of hydrogen-bond donors (Lipinski definition) is 4. The Kier molecular flexibility index (Phi) is 7.09. The fourth-order valence-electron chi connectivity index (χ4n) is 2.81. The first-order valence-electron chi connectivity index (χ1n) is 9.76. The molecule has 0 aliphatic rings. The summed E-state index contributed by atoms with van der Waals surface area (Å²) in [6.07, 6.45) is 3.29. The average molecular weight is 441 g/mol. The van der Waals surface area contributed by atoms with Crippen molar-refractivity contribution in [1.29, 1.82) is 4.78 Å². The van der Waals surface area contributed by atoms with E-state index in [4.69, 9.17) is 9.52 Å². The van der Waals surface area contributed by atoms with Crippen LogP contribution in [0.15, 0.2) is 71.8 Å². The van der Waals surface area contributed by atoms with Crippen molar-refractivity contribution in [1.82, 2.24) is 4.98 Å². The lowest BCUT2D eigenvalue weighted by atomic mass is 10.1. The Bertz CT molecular complexity index is 1140. The molecule has 31 heavy (non-hydrogen) atoms. The maximum absolute atomic E-state index is 13.4. The Morgan fingerprint density at radius 3 is 2.55 bits per heavy atom. The number of carbonyl (C=O) groups is 1. The van der Waals surface area contributed by atoms with Gasteiger partial charge >= 0.3 is 5.97 Å². The molecule has 0 saturated carbocycles. The van der Waals surface area contributed by atoms with Gasteiger partial charge in [0.1, 0.15) is 16.5 Å². The number of carboxylic acids is 1. The van der Waals surface area contributed by atoms with E-state index in [2.05, 4.69) is 15.0 Å². The number of pyridine rings is 1. The van der Waals surface area contributed by atoms with Crippen molar-refractivity contribution in [3.05, 3.63) is 72.4 Å². The fraction of sp³-hybridized carbons (Fsp3) is 0.182. The number of nitrogens with zero attached hydrogens (tertiary/aromatic N) is 1. The molecule has 1 heterocycles. The monoisotopic (exact) mass is 440 g/mol. The van der Waals surface area contributed by atoms with Crippen molar-refractivity contribution in [2.45, 2.75) is 24.7 Å². The molecule has 0 fully saturated rings. The fourth-order valence-corrected chi connectivity index (χ4v) is 4.04. The third kappa shape index (κ3) is 5.73. The first-order valence-corrected chi connectivity index (χ1v) is 11.3. The topological polar surface area (TPSA) is 124 Å². The molecule has 3 rings (SSSR count). The first kappa shape index (κ1) is 22.1. The standard InChI is InChI=1S/C22H24N4O4S/c1-2-3-12-24-18-14-16(22(27)28)15-19(21(18)30-17-9-5-4-6-10-17)31(23,29)26-20-11-7-8-13-25-20/h4-11,13-15,24H,2-3,12H2,1H3,(H,27,28)(H2,23,25,26,29). The lowest BCUT2D eigenvalue weighted by molar-refractivity contribution is 0.0696. The minimum atomic E-state index is -3.71. The Morgan fingerprint density at radius 2 is 1.90 bits per heavy atom. The van der Waals surface area contributed by atoms with Crippen molar-refractivity contribution in [3.8, 4) is 11.5 Å². The molecule has 0 saturated heterocycles. The van der Waals surface area contributed by atoms with Crippen LogP contribution < -0.4 is 14.8 Å². The number of nitrogens with one attached hydrogen (secondary N) is 3. The number of benzene rings is 2. The minimum absolute atomic E-state index is 0.0825. The third-order valence-electron chi connectivity index (χ3n) is 4.33. The molecule has 1 aromatic heterocycles. The summed E-state index contributed by atoms with van der Waals surface area (Å²) in [6.45, 7) is 2.60. The molecule has 2 aromatic carbocycles. The largest absolute Gasteiger partial charge is 0.478 e. The normalized spacial score (nSPS) is 12.5. The van der Waals surface area contributed by atoms with Crippen LogP contribution in [0.2, 0.25) is 0 Å². The van der Waals surface area contributed by atoms with Gasteiger partial charge < -0.3 is 15.2 Å². The zero-order valence-corrected chi connectivity index (χ0v) is 17.8. The second kappa shape index (κ2) is 9.94. The number of hydrogen-bond acceptors (Lipinski definition) is 6. The Balaban J connectivity index is 2.14. The molecule has 1 atom stereocenters. The molecule has 0 radical (unpaired) electrons. The van der Waals surface area contributed by atoms with Gasteiger partial charge in [0.25, 0.3) is 0 Å². The maximum atomic E-state index is 13.4. The lowest BCUT2D eigenvalue weighted by Crippen LogP contribution is -2.16. The van der Waals surface area contributed by atoms with Gasteiger partial charge in [-0.3, -0.25) is 4.72 Å². The van der Waals surface area contributed by atoms with Gasteiger partial charge in [0.15, 0.2) is 15.7 Å². The number of anilines is 2. The molecule has 0 amide bonds. The molecule has 4 N–H and O–H groups in total. The van der Waals surface area contributed by atoms with Gasteiger partial charge in [-0.1, -0.05) is 37.6 Å². The van der Waals surface area contributed by atoms with E-state index >= 15 is 0 Å². The number of aromatic carboxylic acids is 1. The van der Waals surface area contributed by atoms with Crippen molar-refractivity contribution in [2.75, 3.05) is 16.6 Å². The van der Waals surface area contributed by atoms with Crippen LogP contribution in [0.5, 0.6) is 11.5 Å². The molecule has 0 aliphatic heterocycles. The molecular formula is C22H24N4O4S. The van der Waals surface area contributed by atoms with Gasteiger partial charge in [0, 0.05) is 12.7 Å². The van der Waals surface area contributed by atoms with E-state index in [1.54, 1.807) is 42.5 Å². The highest BCUT2D eigenvalue weighted by molar-refractivity contribution is 7.93. The van der Waals surface area contributed by atoms with Crippen molar-refractivity contribution < 1.29 is 18.8 Å². The zero-order chi connectivity index (χ0) is 22.3. The lowest BCUT2D eigenvalue weighted by Gasteiger charge is -2.20.